The van der Waals surface area contributed by atoms with Gasteiger partial charge in [-0.2, -0.15) is 0 Å². The molecular formula is C13H14BClO5. The van der Waals surface area contributed by atoms with E-state index < -0.39 is 13.1 Å². The molecule has 1 aromatic rings. The van der Waals surface area contributed by atoms with Crippen molar-refractivity contribution in [1.29, 1.82) is 0 Å². The molecule has 0 aromatic heterocycles. The molecule has 1 aliphatic rings. The maximum atomic E-state index is 11.5. The van der Waals surface area contributed by atoms with Crippen LogP contribution in [0.3, 0.4) is 0 Å². The highest BCUT2D eigenvalue weighted by atomic mass is 35.5. The summed E-state index contributed by atoms with van der Waals surface area (Å²) in [6.45, 7) is 1.76. The number of fused-ring (bicyclic) bond motifs is 1. The number of aromatic carboxylic acids is 1. The van der Waals surface area contributed by atoms with Crippen molar-refractivity contribution in [2.75, 3.05) is 0 Å². The zero-order valence-corrected chi connectivity index (χ0v) is 11.7. The quantitative estimate of drug-likeness (QED) is 0.832. The van der Waals surface area contributed by atoms with Gasteiger partial charge in [0.2, 0.25) is 0 Å². The van der Waals surface area contributed by atoms with Crippen molar-refractivity contribution < 1.29 is 24.4 Å². The van der Waals surface area contributed by atoms with Crippen molar-refractivity contribution in [1.82, 2.24) is 0 Å². The Morgan fingerprint density at radius 1 is 1.50 bits per heavy atom. The standard InChI is InChI=1S/C13H14BClO5/c1-2-10(16)5-8-3-7-4-9(15)6-11(13(17)18)12(7)20-14(8)19/h4,6,8,19H,2-3,5H2,1H3,(H,17,18)/t8-/m1/s1. The minimum atomic E-state index is -1.18. The number of carbonyl (C=O) groups is 2. The molecule has 0 bridgehead atoms. The van der Waals surface area contributed by atoms with E-state index in [4.69, 9.17) is 21.4 Å². The number of carboxylic acids is 1. The van der Waals surface area contributed by atoms with Gasteiger partial charge >= 0.3 is 13.1 Å². The molecule has 1 aromatic carbocycles. The van der Waals surface area contributed by atoms with Gasteiger partial charge in [-0.1, -0.05) is 18.5 Å². The van der Waals surface area contributed by atoms with Gasteiger partial charge in [-0.25, -0.2) is 4.79 Å². The van der Waals surface area contributed by atoms with E-state index in [0.29, 0.717) is 23.4 Å². The summed E-state index contributed by atoms with van der Waals surface area (Å²) in [4.78, 5) is 22.7. The molecule has 0 aliphatic carbocycles. The third-order valence-corrected chi connectivity index (χ3v) is 3.59. The van der Waals surface area contributed by atoms with Crippen LogP contribution < -0.4 is 4.65 Å². The summed E-state index contributed by atoms with van der Waals surface area (Å²) in [6, 6.07) is 2.89. The molecule has 1 atom stereocenters. The van der Waals surface area contributed by atoms with Gasteiger partial charge in [0, 0.05) is 23.7 Å². The summed E-state index contributed by atoms with van der Waals surface area (Å²) < 4.78 is 5.30. The Labute approximate surface area is 121 Å². The molecular weight excluding hydrogens is 282 g/mol. The predicted molar refractivity (Wildman–Crippen MR) is 74.4 cm³/mol. The second-order valence-electron chi connectivity index (χ2n) is 4.82. The van der Waals surface area contributed by atoms with E-state index >= 15 is 0 Å². The lowest BCUT2D eigenvalue weighted by Gasteiger charge is -2.28. The Hall–Kier alpha value is -1.53. The Morgan fingerprint density at radius 2 is 2.20 bits per heavy atom. The molecule has 20 heavy (non-hydrogen) atoms. The first-order valence-corrected chi connectivity index (χ1v) is 6.72. The molecule has 1 heterocycles. The number of ketones is 1. The van der Waals surface area contributed by atoms with E-state index in [-0.39, 0.29) is 29.3 Å². The fraction of sp³-hybridized carbons (Fsp3) is 0.385. The van der Waals surface area contributed by atoms with Gasteiger partial charge in [0.05, 0.1) is 0 Å². The molecule has 1 aliphatic heterocycles. The van der Waals surface area contributed by atoms with Crippen LogP contribution >= 0.6 is 11.6 Å². The van der Waals surface area contributed by atoms with Crippen LogP contribution in [0.1, 0.15) is 35.7 Å². The van der Waals surface area contributed by atoms with Gasteiger partial charge in [0.25, 0.3) is 0 Å². The predicted octanol–water partition coefficient (Wildman–Crippen LogP) is 2.19. The highest BCUT2D eigenvalue weighted by molar-refractivity contribution is 6.47. The van der Waals surface area contributed by atoms with Crippen LogP contribution in [-0.4, -0.2) is 29.0 Å². The van der Waals surface area contributed by atoms with Crippen LogP contribution in [-0.2, 0) is 11.2 Å². The molecule has 0 saturated carbocycles. The average Bonchev–Trinajstić information content (AvgIpc) is 2.39. The second-order valence-corrected chi connectivity index (χ2v) is 5.25. The third kappa shape index (κ3) is 2.97. The Balaban J connectivity index is 2.34. The third-order valence-electron chi connectivity index (χ3n) is 3.37. The second kappa shape index (κ2) is 5.85. The maximum Gasteiger partial charge on any atom is 0.526 e. The van der Waals surface area contributed by atoms with E-state index in [1.807, 2.05) is 0 Å². The zero-order chi connectivity index (χ0) is 14.9. The summed E-state index contributed by atoms with van der Waals surface area (Å²) in [5, 5.41) is 19.4. The molecule has 0 fully saturated rings. The number of Topliss-reactive ketones (excluding diaryl/α,β-unsaturated/α-hetero) is 1. The van der Waals surface area contributed by atoms with Gasteiger partial charge in [-0.3, -0.25) is 4.79 Å². The molecule has 0 unspecified atom stereocenters. The van der Waals surface area contributed by atoms with E-state index in [2.05, 4.69) is 0 Å². The monoisotopic (exact) mass is 296 g/mol. The Kier molecular flexibility index (Phi) is 4.35. The van der Waals surface area contributed by atoms with E-state index in [9.17, 15) is 14.6 Å². The Morgan fingerprint density at radius 3 is 2.80 bits per heavy atom. The van der Waals surface area contributed by atoms with Crippen LogP contribution in [0.2, 0.25) is 10.8 Å². The number of carbonyl (C=O) groups excluding carboxylic acids is 1. The molecule has 7 heteroatoms. The number of hydrogen-bond acceptors (Lipinski definition) is 4. The lowest BCUT2D eigenvalue weighted by molar-refractivity contribution is -0.118. The van der Waals surface area contributed by atoms with Crippen LogP contribution in [0.4, 0.5) is 0 Å². The molecule has 0 amide bonds. The number of rotatable bonds is 4. The van der Waals surface area contributed by atoms with E-state index in [1.165, 1.54) is 6.07 Å². The zero-order valence-electron chi connectivity index (χ0n) is 10.9. The van der Waals surface area contributed by atoms with Gasteiger partial charge in [-0.15, -0.1) is 0 Å². The van der Waals surface area contributed by atoms with Gasteiger partial charge in [0.1, 0.15) is 17.1 Å². The summed E-state index contributed by atoms with van der Waals surface area (Å²) in [7, 11) is -1.18. The van der Waals surface area contributed by atoms with Crippen molar-refractivity contribution in [3.05, 3.63) is 28.3 Å². The van der Waals surface area contributed by atoms with E-state index in [0.717, 1.165) is 0 Å². The fourth-order valence-electron chi connectivity index (χ4n) is 2.31. The van der Waals surface area contributed by atoms with Crippen LogP contribution in [0.25, 0.3) is 0 Å². The minimum absolute atomic E-state index is 0.0292. The van der Waals surface area contributed by atoms with Crippen molar-refractivity contribution in [3.8, 4) is 5.75 Å². The van der Waals surface area contributed by atoms with Crippen LogP contribution in [0.5, 0.6) is 5.75 Å². The van der Waals surface area contributed by atoms with Crippen LogP contribution in [0, 0.1) is 0 Å². The first-order chi connectivity index (χ1) is 9.42. The number of carboxylic acid groups (broad SMARTS) is 1. The number of halogens is 1. The summed E-state index contributed by atoms with van der Waals surface area (Å²) >= 11 is 5.89. The van der Waals surface area contributed by atoms with Crippen molar-refractivity contribution in [3.63, 3.8) is 0 Å². The maximum absolute atomic E-state index is 11.5. The van der Waals surface area contributed by atoms with Crippen molar-refractivity contribution >= 4 is 30.5 Å². The van der Waals surface area contributed by atoms with Crippen molar-refractivity contribution in [2.24, 2.45) is 0 Å². The van der Waals surface area contributed by atoms with Crippen molar-refractivity contribution in [2.45, 2.75) is 32.0 Å². The van der Waals surface area contributed by atoms with Gasteiger partial charge < -0.3 is 14.8 Å². The first-order valence-electron chi connectivity index (χ1n) is 6.34. The fourth-order valence-corrected chi connectivity index (χ4v) is 2.55. The number of benzene rings is 1. The largest absolute Gasteiger partial charge is 0.535 e. The first kappa shape index (κ1) is 14.9. The van der Waals surface area contributed by atoms with Gasteiger partial charge in [0.15, 0.2) is 0 Å². The molecule has 2 N–H and O–H groups in total. The lowest BCUT2D eigenvalue weighted by Crippen LogP contribution is -2.35. The minimum Gasteiger partial charge on any atom is -0.535 e. The molecule has 0 saturated heterocycles. The molecule has 106 valence electrons. The normalized spacial score (nSPS) is 17.4. The SMILES string of the molecule is CCC(=O)C[C@H]1Cc2cc(Cl)cc(C(=O)O)c2OB1O. The number of hydrogen-bond donors (Lipinski definition) is 2. The smallest absolute Gasteiger partial charge is 0.526 e. The summed E-state index contributed by atoms with van der Waals surface area (Å²) in [6.07, 6.45) is 0.959. The topological polar surface area (TPSA) is 83.8 Å². The summed E-state index contributed by atoms with van der Waals surface area (Å²) in [5.74, 6) is -1.38. The Bertz CT molecular complexity index is 560. The van der Waals surface area contributed by atoms with Crippen LogP contribution in [0.15, 0.2) is 12.1 Å². The molecule has 5 nitrogen and oxygen atoms in total. The lowest BCUT2D eigenvalue weighted by atomic mass is 9.64. The van der Waals surface area contributed by atoms with E-state index in [1.54, 1.807) is 13.0 Å². The average molecular weight is 297 g/mol. The highest BCUT2D eigenvalue weighted by Crippen LogP contribution is 2.38. The summed E-state index contributed by atoms with van der Waals surface area (Å²) in [5.41, 5.74) is 0.529. The van der Waals surface area contributed by atoms with Gasteiger partial charge in [-0.05, 0) is 24.1 Å². The molecule has 0 radical (unpaired) electrons. The molecule has 2 rings (SSSR count). The molecule has 0 spiro atoms. The highest BCUT2D eigenvalue weighted by Gasteiger charge is 2.37.